The van der Waals surface area contributed by atoms with Crippen molar-refractivity contribution >= 4 is 11.9 Å². The van der Waals surface area contributed by atoms with E-state index in [1.165, 1.54) is 0 Å². The van der Waals surface area contributed by atoms with Crippen molar-refractivity contribution in [3.8, 4) is 0 Å². The van der Waals surface area contributed by atoms with E-state index >= 15 is 0 Å². The van der Waals surface area contributed by atoms with Gasteiger partial charge in [0.05, 0.1) is 0 Å². The van der Waals surface area contributed by atoms with E-state index in [-0.39, 0.29) is 25.4 Å². The van der Waals surface area contributed by atoms with Crippen LogP contribution in [0.25, 0.3) is 0 Å². The summed E-state index contributed by atoms with van der Waals surface area (Å²) in [5.74, 6) is -1.52. The van der Waals surface area contributed by atoms with Crippen molar-refractivity contribution in [3.63, 3.8) is 0 Å². The molecule has 0 aromatic carbocycles. The minimum absolute atomic E-state index is 0.0666. The van der Waals surface area contributed by atoms with Crippen LogP contribution in [-0.4, -0.2) is 30.3 Å². The number of hydrogen-bond donors (Lipinski definition) is 0. The maximum Gasteiger partial charge on any atom is 0.425 e. The first kappa shape index (κ1) is 20.2. The molecule has 7 heteroatoms. The molecular weight excluding hydrogens is 301 g/mol. The van der Waals surface area contributed by atoms with Gasteiger partial charge >= 0.3 is 18.1 Å². The molecule has 0 saturated carbocycles. The zero-order valence-corrected chi connectivity index (χ0v) is 12.5. The van der Waals surface area contributed by atoms with Crippen molar-refractivity contribution in [1.29, 1.82) is 0 Å². The van der Waals surface area contributed by atoms with E-state index < -0.39 is 24.2 Å². The highest BCUT2D eigenvalue weighted by Crippen LogP contribution is 2.22. The van der Waals surface area contributed by atoms with Gasteiger partial charge in [-0.1, -0.05) is 12.2 Å². The fraction of sp³-hybridized carbons (Fsp3) is 0.600. The van der Waals surface area contributed by atoms with Gasteiger partial charge in [0.1, 0.15) is 6.10 Å². The fourth-order valence-corrected chi connectivity index (χ4v) is 1.51. The highest BCUT2D eigenvalue weighted by molar-refractivity contribution is 5.72. The predicted octanol–water partition coefficient (Wildman–Crippen LogP) is 3.71. The monoisotopic (exact) mass is 322 g/mol. The van der Waals surface area contributed by atoms with Gasteiger partial charge < -0.3 is 9.47 Å². The van der Waals surface area contributed by atoms with Crippen molar-refractivity contribution in [2.75, 3.05) is 0 Å². The Morgan fingerprint density at radius 2 is 1.50 bits per heavy atom. The summed E-state index contributed by atoms with van der Waals surface area (Å²) >= 11 is 0. The van der Waals surface area contributed by atoms with Gasteiger partial charge in [0.2, 0.25) is 0 Å². The van der Waals surface area contributed by atoms with Gasteiger partial charge in [-0.05, 0) is 13.3 Å². The molecule has 0 heterocycles. The van der Waals surface area contributed by atoms with Crippen LogP contribution in [0.5, 0.6) is 0 Å². The molecule has 0 aliphatic rings. The molecule has 0 rings (SSSR count). The van der Waals surface area contributed by atoms with Crippen LogP contribution in [-0.2, 0) is 19.1 Å². The second kappa shape index (κ2) is 10.0. The summed E-state index contributed by atoms with van der Waals surface area (Å²) in [6.45, 7) is 7.84. The molecule has 0 bridgehead atoms. The first-order valence-corrected chi connectivity index (χ1v) is 6.88. The number of carbonyl (C=O) groups is 2. The summed E-state index contributed by atoms with van der Waals surface area (Å²) in [5.41, 5.74) is 0. The lowest BCUT2D eigenvalue weighted by Gasteiger charge is -2.16. The second-order valence-electron chi connectivity index (χ2n) is 4.69. The van der Waals surface area contributed by atoms with Crippen molar-refractivity contribution < 1.29 is 32.2 Å². The zero-order chi connectivity index (χ0) is 17.2. The number of halogens is 3. The van der Waals surface area contributed by atoms with E-state index in [2.05, 4.69) is 17.9 Å². The summed E-state index contributed by atoms with van der Waals surface area (Å²) < 4.78 is 45.9. The second-order valence-corrected chi connectivity index (χ2v) is 4.69. The first-order chi connectivity index (χ1) is 10.2. The van der Waals surface area contributed by atoms with Crippen molar-refractivity contribution in [1.82, 2.24) is 0 Å². The Kier molecular flexibility index (Phi) is 9.21. The molecule has 0 amide bonds. The maximum atomic E-state index is 12.2. The summed E-state index contributed by atoms with van der Waals surface area (Å²) in [7, 11) is 0. The molecule has 0 aliphatic carbocycles. The Hall–Kier alpha value is -1.79. The minimum atomic E-state index is -4.59. The normalized spacial score (nSPS) is 12.6. The van der Waals surface area contributed by atoms with E-state index in [1.807, 2.05) is 0 Å². The van der Waals surface area contributed by atoms with Gasteiger partial charge in [0, 0.05) is 25.7 Å². The Morgan fingerprint density at radius 3 is 1.91 bits per heavy atom. The molecule has 0 radical (unpaired) electrons. The summed E-state index contributed by atoms with van der Waals surface area (Å²) in [6, 6.07) is 0. The van der Waals surface area contributed by atoms with E-state index in [9.17, 15) is 22.8 Å². The SMILES string of the molecule is C=CCC(CC=C)OC(=O)CCCC(=O)OC(C)C(F)(F)F. The lowest BCUT2D eigenvalue weighted by molar-refractivity contribution is -0.216. The zero-order valence-electron chi connectivity index (χ0n) is 12.5. The molecule has 0 N–H and O–H groups in total. The number of hydrogen-bond acceptors (Lipinski definition) is 4. The molecule has 0 aliphatic heterocycles. The summed E-state index contributed by atoms with van der Waals surface area (Å²) in [6.07, 6.45) is -3.21. The number of ether oxygens (including phenoxy) is 2. The van der Waals surface area contributed by atoms with E-state index in [0.29, 0.717) is 12.8 Å². The Morgan fingerprint density at radius 1 is 1.05 bits per heavy atom. The van der Waals surface area contributed by atoms with Gasteiger partial charge in [-0.25, -0.2) is 0 Å². The van der Waals surface area contributed by atoms with E-state index in [1.54, 1.807) is 12.2 Å². The van der Waals surface area contributed by atoms with E-state index in [0.717, 1.165) is 6.92 Å². The van der Waals surface area contributed by atoms with Crippen LogP contribution >= 0.6 is 0 Å². The van der Waals surface area contributed by atoms with Crippen molar-refractivity contribution in [2.24, 2.45) is 0 Å². The largest absolute Gasteiger partial charge is 0.462 e. The van der Waals surface area contributed by atoms with Crippen LogP contribution in [0.3, 0.4) is 0 Å². The van der Waals surface area contributed by atoms with Crippen LogP contribution in [0.15, 0.2) is 25.3 Å². The quantitative estimate of drug-likeness (QED) is 0.454. The lowest BCUT2D eigenvalue weighted by atomic mass is 10.2. The third-order valence-corrected chi connectivity index (χ3v) is 2.69. The van der Waals surface area contributed by atoms with Gasteiger partial charge in [0.15, 0.2) is 6.10 Å². The van der Waals surface area contributed by atoms with Gasteiger partial charge in [-0.3, -0.25) is 9.59 Å². The Balaban J connectivity index is 4.03. The Labute approximate surface area is 128 Å². The molecule has 126 valence electrons. The fourth-order valence-electron chi connectivity index (χ4n) is 1.51. The number of carbonyl (C=O) groups excluding carboxylic acids is 2. The third-order valence-electron chi connectivity index (χ3n) is 2.69. The lowest BCUT2D eigenvalue weighted by Crippen LogP contribution is -2.30. The standard InChI is InChI=1S/C15H21F3O4/c1-4-7-12(8-5-2)22-14(20)10-6-9-13(19)21-11(3)15(16,17)18/h4-5,11-12H,1-2,6-10H2,3H3. The van der Waals surface area contributed by atoms with Gasteiger partial charge in [0.25, 0.3) is 0 Å². The minimum Gasteiger partial charge on any atom is -0.462 e. The third kappa shape index (κ3) is 9.20. The number of alkyl halides is 3. The highest BCUT2D eigenvalue weighted by Gasteiger charge is 2.38. The highest BCUT2D eigenvalue weighted by atomic mass is 19.4. The average Bonchev–Trinajstić information content (AvgIpc) is 2.38. The molecule has 4 nitrogen and oxygen atoms in total. The molecule has 1 atom stereocenters. The van der Waals surface area contributed by atoms with Crippen molar-refractivity contribution in [3.05, 3.63) is 25.3 Å². The van der Waals surface area contributed by atoms with Crippen LogP contribution < -0.4 is 0 Å². The topological polar surface area (TPSA) is 52.6 Å². The molecule has 0 fully saturated rings. The summed E-state index contributed by atoms with van der Waals surface area (Å²) in [5, 5.41) is 0. The molecule has 0 spiro atoms. The predicted molar refractivity (Wildman–Crippen MR) is 75.0 cm³/mol. The van der Waals surface area contributed by atoms with Gasteiger partial charge in [-0.15, -0.1) is 13.2 Å². The molecule has 0 aromatic rings. The van der Waals surface area contributed by atoms with E-state index in [4.69, 9.17) is 4.74 Å². The van der Waals surface area contributed by atoms with Crippen LogP contribution in [0.4, 0.5) is 13.2 Å². The first-order valence-electron chi connectivity index (χ1n) is 6.88. The molecule has 22 heavy (non-hydrogen) atoms. The number of rotatable bonds is 10. The smallest absolute Gasteiger partial charge is 0.425 e. The van der Waals surface area contributed by atoms with Crippen molar-refractivity contribution in [2.45, 2.75) is 57.4 Å². The molecule has 1 unspecified atom stereocenters. The van der Waals surface area contributed by atoms with Gasteiger partial charge in [-0.2, -0.15) is 13.2 Å². The van der Waals surface area contributed by atoms with Crippen LogP contribution in [0.1, 0.15) is 39.0 Å². The molecule has 0 saturated heterocycles. The van der Waals surface area contributed by atoms with Crippen LogP contribution in [0.2, 0.25) is 0 Å². The molecular formula is C15H21F3O4. The average molecular weight is 322 g/mol. The maximum absolute atomic E-state index is 12.2. The molecule has 0 aromatic heterocycles. The van der Waals surface area contributed by atoms with Crippen LogP contribution in [0, 0.1) is 0 Å². The number of esters is 2. The summed E-state index contributed by atoms with van der Waals surface area (Å²) in [4.78, 5) is 22.8. The Bertz CT molecular complexity index is 381.